The molecule has 2 unspecified atom stereocenters. The molecule has 0 radical (unpaired) electrons. The van der Waals surface area contributed by atoms with Crippen LogP contribution in [-0.2, 0) is 15.0 Å². The number of carbonyl (C=O) groups is 2. The van der Waals surface area contributed by atoms with Gasteiger partial charge in [-0.15, -0.1) is 0 Å². The zero-order valence-electron chi connectivity index (χ0n) is 17.8. The van der Waals surface area contributed by atoms with E-state index >= 15 is 0 Å². The van der Waals surface area contributed by atoms with Crippen LogP contribution >= 0.6 is 0 Å². The number of fused-ring (bicyclic) bond motifs is 2. The molecular weight excluding hydrogens is 376 g/mol. The number of carboxylic acid groups (broad SMARTS) is 1. The lowest BCUT2D eigenvalue weighted by Crippen LogP contribution is -2.35. The van der Waals surface area contributed by atoms with Gasteiger partial charge in [-0.2, -0.15) is 0 Å². The van der Waals surface area contributed by atoms with E-state index in [1.807, 2.05) is 24.3 Å². The van der Waals surface area contributed by atoms with Crippen molar-refractivity contribution < 1.29 is 19.4 Å². The molecule has 0 saturated heterocycles. The summed E-state index contributed by atoms with van der Waals surface area (Å²) >= 11 is 0. The van der Waals surface area contributed by atoms with Gasteiger partial charge in [-0.3, -0.25) is 9.59 Å². The van der Waals surface area contributed by atoms with Crippen LogP contribution < -0.4 is 4.74 Å². The average molecular weight is 405 g/mol. The van der Waals surface area contributed by atoms with E-state index in [1.165, 1.54) is 0 Å². The maximum atomic E-state index is 13.2. The Morgan fingerprint density at radius 2 is 1.57 bits per heavy atom. The van der Waals surface area contributed by atoms with E-state index in [0.29, 0.717) is 18.6 Å². The molecule has 1 fully saturated rings. The molecule has 1 N–H and O–H groups in total. The summed E-state index contributed by atoms with van der Waals surface area (Å²) in [6, 6.07) is 16.2. The molecule has 2 atom stereocenters. The smallest absolute Gasteiger partial charge is 0.315 e. The highest BCUT2D eigenvalue weighted by Crippen LogP contribution is 2.39. The predicted octanol–water partition coefficient (Wildman–Crippen LogP) is 6.09. The van der Waals surface area contributed by atoms with Gasteiger partial charge in [0.25, 0.3) is 0 Å². The summed E-state index contributed by atoms with van der Waals surface area (Å²) in [5.74, 6) is -2.07. The largest absolute Gasteiger partial charge is 0.481 e. The van der Waals surface area contributed by atoms with E-state index in [2.05, 4.69) is 45.0 Å². The molecule has 1 aliphatic carbocycles. The third-order valence-electron chi connectivity index (χ3n) is 6.27. The number of ether oxygens (including phenoxy) is 1. The Hall–Kier alpha value is -2.88. The molecule has 4 heteroatoms. The fourth-order valence-electron chi connectivity index (χ4n) is 4.48. The number of carbonyl (C=O) groups excluding carboxylic acids is 1. The van der Waals surface area contributed by atoms with Crippen LogP contribution in [0.4, 0.5) is 0 Å². The first-order chi connectivity index (χ1) is 14.3. The van der Waals surface area contributed by atoms with Crippen molar-refractivity contribution in [2.24, 2.45) is 11.8 Å². The molecule has 0 bridgehead atoms. The summed E-state index contributed by atoms with van der Waals surface area (Å²) in [6.07, 6.45) is 2.78. The van der Waals surface area contributed by atoms with E-state index in [-0.39, 0.29) is 5.41 Å². The highest BCUT2D eigenvalue weighted by atomic mass is 16.5. The minimum absolute atomic E-state index is 0.0428. The van der Waals surface area contributed by atoms with E-state index in [1.54, 1.807) is 0 Å². The number of benzene rings is 3. The van der Waals surface area contributed by atoms with Crippen LogP contribution in [0.15, 0.2) is 48.5 Å². The van der Waals surface area contributed by atoms with Crippen LogP contribution in [0.5, 0.6) is 5.75 Å². The van der Waals surface area contributed by atoms with Crippen LogP contribution in [0.2, 0.25) is 0 Å². The summed E-state index contributed by atoms with van der Waals surface area (Å²) in [4.78, 5) is 24.9. The van der Waals surface area contributed by atoms with Crippen molar-refractivity contribution in [1.29, 1.82) is 0 Å². The van der Waals surface area contributed by atoms with Crippen molar-refractivity contribution in [2.75, 3.05) is 0 Å². The Labute approximate surface area is 176 Å². The first kappa shape index (κ1) is 20.4. The Kier molecular flexibility index (Phi) is 5.27. The van der Waals surface area contributed by atoms with Gasteiger partial charge in [0.1, 0.15) is 5.75 Å². The quantitative estimate of drug-likeness (QED) is 0.326. The third-order valence-corrected chi connectivity index (χ3v) is 6.27. The lowest BCUT2D eigenvalue weighted by molar-refractivity contribution is -0.153. The highest BCUT2D eigenvalue weighted by Gasteiger charge is 2.37. The van der Waals surface area contributed by atoms with Gasteiger partial charge < -0.3 is 9.84 Å². The molecule has 0 heterocycles. The fourth-order valence-corrected chi connectivity index (χ4v) is 4.48. The first-order valence-electron chi connectivity index (χ1n) is 10.7. The van der Waals surface area contributed by atoms with Crippen molar-refractivity contribution >= 4 is 33.5 Å². The summed E-state index contributed by atoms with van der Waals surface area (Å²) in [7, 11) is 0. The highest BCUT2D eigenvalue weighted by molar-refractivity contribution is 6.07. The Balaban J connectivity index is 1.84. The summed E-state index contributed by atoms with van der Waals surface area (Å²) in [5, 5.41) is 13.3. The predicted molar refractivity (Wildman–Crippen MR) is 119 cm³/mol. The maximum absolute atomic E-state index is 13.2. The van der Waals surface area contributed by atoms with Crippen molar-refractivity contribution in [3.63, 3.8) is 0 Å². The van der Waals surface area contributed by atoms with E-state index in [0.717, 1.165) is 39.9 Å². The number of carboxylic acids is 1. The molecule has 1 saturated carbocycles. The SMILES string of the molecule is CC(C)(C)c1ccc2cc3ccccc3c(OC(=O)C3CCCCC3C(=O)O)c2c1. The standard InChI is InChI=1S/C26H28O4/c1-26(2,3)18-13-12-17-14-16-8-4-5-9-19(16)23(22(17)15-18)30-25(29)21-11-7-6-10-20(21)24(27)28/h4-5,8-9,12-15,20-21H,6-7,10-11H2,1-3H3,(H,27,28). The van der Waals surface area contributed by atoms with Crippen LogP contribution in [0, 0.1) is 11.8 Å². The van der Waals surface area contributed by atoms with Crippen molar-refractivity contribution in [3.05, 3.63) is 54.1 Å². The topological polar surface area (TPSA) is 63.6 Å². The molecule has 0 aliphatic heterocycles. The van der Waals surface area contributed by atoms with Gasteiger partial charge in [-0.05, 0) is 46.7 Å². The summed E-state index contributed by atoms with van der Waals surface area (Å²) < 4.78 is 6.03. The minimum Gasteiger partial charge on any atom is -0.481 e. The number of hydrogen-bond acceptors (Lipinski definition) is 3. The van der Waals surface area contributed by atoms with Crippen molar-refractivity contribution in [1.82, 2.24) is 0 Å². The molecule has 4 rings (SSSR count). The van der Waals surface area contributed by atoms with Gasteiger partial charge in [0.2, 0.25) is 0 Å². The van der Waals surface area contributed by atoms with E-state index in [9.17, 15) is 14.7 Å². The molecule has 3 aromatic rings. The third kappa shape index (κ3) is 3.79. The Bertz CT molecular complexity index is 1120. The van der Waals surface area contributed by atoms with Gasteiger partial charge >= 0.3 is 11.9 Å². The Morgan fingerprint density at radius 3 is 2.27 bits per heavy atom. The van der Waals surface area contributed by atoms with Gasteiger partial charge in [0.05, 0.1) is 11.8 Å². The summed E-state index contributed by atoms with van der Waals surface area (Å²) in [6.45, 7) is 6.46. The second-order valence-corrected chi connectivity index (χ2v) is 9.37. The zero-order chi connectivity index (χ0) is 21.5. The van der Waals surface area contributed by atoms with Crippen LogP contribution in [0.25, 0.3) is 21.5 Å². The van der Waals surface area contributed by atoms with Crippen molar-refractivity contribution in [3.8, 4) is 5.75 Å². The molecule has 0 amide bonds. The lowest BCUT2D eigenvalue weighted by atomic mass is 9.79. The van der Waals surface area contributed by atoms with Crippen LogP contribution in [-0.4, -0.2) is 17.0 Å². The number of aliphatic carboxylic acids is 1. The maximum Gasteiger partial charge on any atom is 0.315 e. The molecular formula is C26H28O4. The first-order valence-corrected chi connectivity index (χ1v) is 10.7. The molecule has 30 heavy (non-hydrogen) atoms. The zero-order valence-corrected chi connectivity index (χ0v) is 17.8. The number of hydrogen-bond donors (Lipinski definition) is 1. The van der Waals surface area contributed by atoms with Crippen LogP contribution in [0.3, 0.4) is 0 Å². The molecule has 0 aromatic heterocycles. The number of esters is 1. The normalized spacial score (nSPS) is 19.7. The van der Waals surface area contributed by atoms with Gasteiger partial charge in [-0.25, -0.2) is 0 Å². The molecule has 1 aliphatic rings. The fraction of sp³-hybridized carbons (Fsp3) is 0.385. The van der Waals surface area contributed by atoms with Gasteiger partial charge in [-0.1, -0.05) is 70.0 Å². The monoisotopic (exact) mass is 404 g/mol. The van der Waals surface area contributed by atoms with E-state index in [4.69, 9.17) is 4.74 Å². The Morgan fingerprint density at radius 1 is 0.900 bits per heavy atom. The van der Waals surface area contributed by atoms with Gasteiger partial charge in [0, 0.05) is 10.8 Å². The second kappa shape index (κ2) is 7.75. The molecule has 4 nitrogen and oxygen atoms in total. The molecule has 0 spiro atoms. The number of rotatable bonds is 3. The van der Waals surface area contributed by atoms with Crippen LogP contribution in [0.1, 0.15) is 52.0 Å². The van der Waals surface area contributed by atoms with Gasteiger partial charge in [0.15, 0.2) is 0 Å². The summed E-state index contributed by atoms with van der Waals surface area (Å²) in [5.41, 5.74) is 1.11. The average Bonchev–Trinajstić information content (AvgIpc) is 2.72. The second-order valence-electron chi connectivity index (χ2n) is 9.37. The molecule has 156 valence electrons. The lowest BCUT2D eigenvalue weighted by Gasteiger charge is -2.27. The molecule has 3 aromatic carbocycles. The van der Waals surface area contributed by atoms with E-state index < -0.39 is 23.8 Å². The minimum atomic E-state index is -0.908. The van der Waals surface area contributed by atoms with Crippen molar-refractivity contribution in [2.45, 2.75) is 51.9 Å².